The first-order valence-electron chi connectivity index (χ1n) is 6.58. The number of benzene rings is 1. The summed E-state index contributed by atoms with van der Waals surface area (Å²) in [6, 6.07) is 7.35. The molecule has 1 aromatic heterocycles. The second-order valence-electron chi connectivity index (χ2n) is 5.01. The highest BCUT2D eigenvalue weighted by Crippen LogP contribution is 2.15. The second-order valence-corrected chi connectivity index (χ2v) is 5.01. The summed E-state index contributed by atoms with van der Waals surface area (Å²) >= 11 is 0. The number of carbonyl (C=O) groups is 1. The van der Waals surface area contributed by atoms with Gasteiger partial charge in [0.05, 0.1) is 11.2 Å². The van der Waals surface area contributed by atoms with Crippen molar-refractivity contribution < 1.29 is 4.79 Å². The number of nitrogens with two attached hydrogens (primary N) is 1. The third-order valence-electron chi connectivity index (χ3n) is 3.10. The molecule has 0 aliphatic heterocycles. The van der Waals surface area contributed by atoms with E-state index in [2.05, 4.69) is 15.4 Å². The minimum Gasteiger partial charge on any atom is -0.325 e. The number of hydrogen-bond acceptors (Lipinski definition) is 4. The summed E-state index contributed by atoms with van der Waals surface area (Å²) < 4.78 is 1.65. The number of aromatic nitrogens is 3. The monoisotopic (exact) mass is 273 g/mol. The molecule has 6 nitrogen and oxygen atoms in total. The second kappa shape index (κ2) is 5.83. The van der Waals surface area contributed by atoms with E-state index >= 15 is 0 Å². The van der Waals surface area contributed by atoms with Gasteiger partial charge in [-0.25, -0.2) is 9.67 Å². The van der Waals surface area contributed by atoms with Crippen LogP contribution in [0.3, 0.4) is 0 Å². The Labute approximate surface area is 118 Å². The van der Waals surface area contributed by atoms with Crippen molar-refractivity contribution in [3.8, 4) is 5.69 Å². The molecule has 0 bridgehead atoms. The van der Waals surface area contributed by atoms with Gasteiger partial charge < -0.3 is 11.1 Å². The average molecular weight is 273 g/mol. The molecule has 2 aromatic rings. The SMILES string of the molecule is CCCC(C)(N)C(=O)Nc1ccc(-n2cncn2)cc1. The zero-order chi connectivity index (χ0) is 14.6. The van der Waals surface area contributed by atoms with Crippen molar-refractivity contribution >= 4 is 11.6 Å². The van der Waals surface area contributed by atoms with Gasteiger partial charge in [0, 0.05) is 5.69 Å². The van der Waals surface area contributed by atoms with Crippen molar-refractivity contribution in [2.45, 2.75) is 32.2 Å². The van der Waals surface area contributed by atoms with Gasteiger partial charge in [0.25, 0.3) is 0 Å². The molecule has 20 heavy (non-hydrogen) atoms. The molecule has 0 saturated heterocycles. The number of hydrogen-bond donors (Lipinski definition) is 2. The molecule has 2 rings (SSSR count). The first-order valence-corrected chi connectivity index (χ1v) is 6.58. The molecule has 0 saturated carbocycles. The van der Waals surface area contributed by atoms with Crippen LogP contribution in [0, 0.1) is 0 Å². The predicted molar refractivity (Wildman–Crippen MR) is 77.5 cm³/mol. The van der Waals surface area contributed by atoms with E-state index in [1.165, 1.54) is 6.33 Å². The van der Waals surface area contributed by atoms with Crippen LogP contribution in [0.25, 0.3) is 5.69 Å². The van der Waals surface area contributed by atoms with Crippen molar-refractivity contribution in [1.29, 1.82) is 0 Å². The largest absolute Gasteiger partial charge is 0.325 e. The van der Waals surface area contributed by atoms with Crippen LogP contribution in [-0.4, -0.2) is 26.2 Å². The van der Waals surface area contributed by atoms with E-state index in [0.29, 0.717) is 12.1 Å². The highest BCUT2D eigenvalue weighted by atomic mass is 16.2. The van der Waals surface area contributed by atoms with Gasteiger partial charge in [-0.1, -0.05) is 13.3 Å². The fourth-order valence-electron chi connectivity index (χ4n) is 1.95. The molecular weight excluding hydrogens is 254 g/mol. The van der Waals surface area contributed by atoms with E-state index < -0.39 is 5.54 Å². The van der Waals surface area contributed by atoms with Crippen LogP contribution >= 0.6 is 0 Å². The molecule has 0 aliphatic rings. The number of nitrogens with one attached hydrogen (secondary N) is 1. The lowest BCUT2D eigenvalue weighted by atomic mass is 9.96. The highest BCUT2D eigenvalue weighted by Gasteiger charge is 2.27. The molecule has 106 valence electrons. The van der Waals surface area contributed by atoms with Crippen LogP contribution in [-0.2, 0) is 4.79 Å². The third-order valence-corrected chi connectivity index (χ3v) is 3.10. The van der Waals surface area contributed by atoms with Gasteiger partial charge in [0.15, 0.2) is 0 Å². The van der Waals surface area contributed by atoms with Crippen LogP contribution in [0.2, 0.25) is 0 Å². The van der Waals surface area contributed by atoms with Gasteiger partial charge in [0.2, 0.25) is 5.91 Å². The van der Waals surface area contributed by atoms with Crippen LogP contribution in [0.4, 0.5) is 5.69 Å². The minimum absolute atomic E-state index is 0.173. The molecule has 0 aliphatic carbocycles. The molecule has 1 amide bonds. The summed E-state index contributed by atoms with van der Waals surface area (Å²) in [6.45, 7) is 3.75. The topological polar surface area (TPSA) is 85.8 Å². The van der Waals surface area contributed by atoms with Crippen LogP contribution in [0.5, 0.6) is 0 Å². The average Bonchev–Trinajstić information content (AvgIpc) is 2.93. The number of nitrogens with zero attached hydrogens (tertiary/aromatic N) is 3. The maximum atomic E-state index is 12.1. The smallest absolute Gasteiger partial charge is 0.244 e. The summed E-state index contributed by atoms with van der Waals surface area (Å²) in [5.41, 5.74) is 6.74. The molecule has 1 atom stereocenters. The Bertz CT molecular complexity index is 560. The van der Waals surface area contributed by atoms with E-state index in [-0.39, 0.29) is 5.91 Å². The Kier molecular flexibility index (Phi) is 4.14. The van der Waals surface area contributed by atoms with Crippen molar-refractivity contribution in [1.82, 2.24) is 14.8 Å². The summed E-state index contributed by atoms with van der Waals surface area (Å²) in [6.07, 6.45) is 4.60. The van der Waals surface area contributed by atoms with Crippen molar-refractivity contribution in [3.63, 3.8) is 0 Å². The highest BCUT2D eigenvalue weighted by molar-refractivity contribution is 5.97. The molecule has 1 heterocycles. The van der Waals surface area contributed by atoms with E-state index in [1.807, 2.05) is 31.2 Å². The van der Waals surface area contributed by atoms with Gasteiger partial charge in [-0.05, 0) is 37.6 Å². The maximum Gasteiger partial charge on any atom is 0.244 e. The molecular formula is C14H19N5O. The molecule has 1 unspecified atom stereocenters. The molecule has 0 fully saturated rings. The standard InChI is InChI=1S/C14H19N5O/c1-3-8-14(2,15)13(20)18-11-4-6-12(7-5-11)19-10-16-9-17-19/h4-7,9-10H,3,8,15H2,1-2H3,(H,18,20). The Balaban J connectivity index is 2.06. The predicted octanol–water partition coefficient (Wildman–Crippen LogP) is 1.72. The lowest BCUT2D eigenvalue weighted by Gasteiger charge is -2.22. The Hall–Kier alpha value is -2.21. The van der Waals surface area contributed by atoms with E-state index in [0.717, 1.165) is 12.1 Å². The van der Waals surface area contributed by atoms with Crippen molar-refractivity contribution in [2.24, 2.45) is 5.73 Å². The molecule has 6 heteroatoms. The van der Waals surface area contributed by atoms with Crippen molar-refractivity contribution in [3.05, 3.63) is 36.9 Å². The molecule has 1 aromatic carbocycles. The van der Waals surface area contributed by atoms with E-state index in [1.54, 1.807) is 17.9 Å². The fraction of sp³-hybridized carbons (Fsp3) is 0.357. The molecule has 0 spiro atoms. The van der Waals surface area contributed by atoms with E-state index in [9.17, 15) is 4.79 Å². The summed E-state index contributed by atoms with van der Waals surface area (Å²) in [4.78, 5) is 16.0. The number of amides is 1. The lowest BCUT2D eigenvalue weighted by molar-refractivity contribution is -0.120. The number of rotatable bonds is 5. The van der Waals surface area contributed by atoms with Gasteiger partial charge >= 0.3 is 0 Å². The quantitative estimate of drug-likeness (QED) is 0.868. The summed E-state index contributed by atoms with van der Waals surface area (Å²) in [5, 5.41) is 6.87. The van der Waals surface area contributed by atoms with Crippen molar-refractivity contribution in [2.75, 3.05) is 5.32 Å². The molecule has 0 radical (unpaired) electrons. The van der Waals surface area contributed by atoms with Gasteiger partial charge in [-0.15, -0.1) is 0 Å². The Morgan fingerprint density at radius 2 is 2.10 bits per heavy atom. The minimum atomic E-state index is -0.848. The fourth-order valence-corrected chi connectivity index (χ4v) is 1.95. The zero-order valence-electron chi connectivity index (χ0n) is 11.7. The van der Waals surface area contributed by atoms with Crippen LogP contribution in [0.1, 0.15) is 26.7 Å². The van der Waals surface area contributed by atoms with E-state index in [4.69, 9.17) is 5.73 Å². The van der Waals surface area contributed by atoms with Gasteiger partial charge in [-0.3, -0.25) is 4.79 Å². The zero-order valence-corrected chi connectivity index (χ0v) is 11.7. The van der Waals surface area contributed by atoms with Crippen LogP contribution in [0.15, 0.2) is 36.9 Å². The lowest BCUT2D eigenvalue weighted by Crippen LogP contribution is -2.48. The van der Waals surface area contributed by atoms with Crippen LogP contribution < -0.4 is 11.1 Å². The Morgan fingerprint density at radius 3 is 2.65 bits per heavy atom. The summed E-state index contributed by atoms with van der Waals surface area (Å²) in [7, 11) is 0. The number of carbonyl (C=O) groups excluding carboxylic acids is 1. The maximum absolute atomic E-state index is 12.1. The normalized spacial score (nSPS) is 13.8. The summed E-state index contributed by atoms with van der Waals surface area (Å²) in [5.74, 6) is -0.173. The third kappa shape index (κ3) is 3.21. The Morgan fingerprint density at radius 1 is 1.40 bits per heavy atom. The molecule has 3 N–H and O–H groups in total. The number of anilines is 1. The first kappa shape index (κ1) is 14.2. The van der Waals surface area contributed by atoms with Gasteiger partial charge in [-0.2, -0.15) is 5.10 Å². The van der Waals surface area contributed by atoms with Gasteiger partial charge in [0.1, 0.15) is 12.7 Å². The first-order chi connectivity index (χ1) is 9.53.